The normalized spacial score (nSPS) is 24.5. The molecule has 0 aliphatic heterocycles. The van der Waals surface area contributed by atoms with E-state index in [1.807, 2.05) is 31.2 Å². The number of halogens is 1. The summed E-state index contributed by atoms with van der Waals surface area (Å²) in [6, 6.07) is 12.6. The molecule has 0 radical (unpaired) electrons. The second kappa shape index (κ2) is 5.49. The lowest BCUT2D eigenvalue weighted by molar-refractivity contribution is 0.0158. The highest BCUT2D eigenvalue weighted by molar-refractivity contribution is 5.36. The van der Waals surface area contributed by atoms with Crippen LogP contribution < -0.4 is 4.74 Å². The summed E-state index contributed by atoms with van der Waals surface area (Å²) in [5.74, 6) is 0.104. The smallest absolute Gasteiger partial charge is 0.165 e. The zero-order valence-electron chi connectivity index (χ0n) is 12.2. The van der Waals surface area contributed by atoms with Gasteiger partial charge in [0.2, 0.25) is 0 Å². The molecule has 3 atom stereocenters. The van der Waals surface area contributed by atoms with Crippen LogP contribution in [-0.2, 0) is 0 Å². The standard InChI is InChI=1S/C18H19FO2/c1-11-7-8-15(19)16(9-11)21-17-10-12(2)13-5-3-4-6-14(13)18(17)20/h3-9,12,17-18,20H,10H2,1-2H3. The van der Waals surface area contributed by atoms with E-state index in [-0.39, 0.29) is 17.5 Å². The fraction of sp³-hybridized carbons (Fsp3) is 0.333. The molecule has 1 N–H and O–H groups in total. The van der Waals surface area contributed by atoms with Crippen LogP contribution in [0.25, 0.3) is 0 Å². The van der Waals surface area contributed by atoms with Crippen molar-refractivity contribution in [2.75, 3.05) is 0 Å². The van der Waals surface area contributed by atoms with Gasteiger partial charge in [-0.3, -0.25) is 0 Å². The van der Waals surface area contributed by atoms with Crippen molar-refractivity contribution in [2.24, 2.45) is 0 Å². The van der Waals surface area contributed by atoms with Crippen molar-refractivity contribution in [3.05, 3.63) is 65.0 Å². The van der Waals surface area contributed by atoms with Crippen LogP contribution in [-0.4, -0.2) is 11.2 Å². The van der Waals surface area contributed by atoms with Gasteiger partial charge in [-0.15, -0.1) is 0 Å². The first kappa shape index (κ1) is 14.1. The van der Waals surface area contributed by atoms with Crippen LogP contribution in [0.5, 0.6) is 5.75 Å². The Morgan fingerprint density at radius 2 is 1.86 bits per heavy atom. The van der Waals surface area contributed by atoms with Gasteiger partial charge in [0.05, 0.1) is 0 Å². The zero-order valence-corrected chi connectivity index (χ0v) is 12.2. The van der Waals surface area contributed by atoms with Crippen LogP contribution in [0.15, 0.2) is 42.5 Å². The fourth-order valence-corrected chi connectivity index (χ4v) is 3.01. The molecule has 3 heteroatoms. The van der Waals surface area contributed by atoms with Crippen molar-refractivity contribution in [3.63, 3.8) is 0 Å². The van der Waals surface area contributed by atoms with Crippen LogP contribution in [0.3, 0.4) is 0 Å². The number of fused-ring (bicyclic) bond motifs is 1. The van der Waals surface area contributed by atoms with E-state index in [4.69, 9.17) is 4.74 Å². The number of aliphatic hydroxyl groups excluding tert-OH is 1. The van der Waals surface area contributed by atoms with Gasteiger partial charge in [0, 0.05) is 0 Å². The molecule has 2 aromatic rings. The van der Waals surface area contributed by atoms with Gasteiger partial charge >= 0.3 is 0 Å². The third kappa shape index (κ3) is 2.66. The zero-order chi connectivity index (χ0) is 15.0. The molecule has 0 amide bonds. The predicted octanol–water partition coefficient (Wildman–Crippen LogP) is 4.12. The van der Waals surface area contributed by atoms with Crippen molar-refractivity contribution < 1.29 is 14.2 Å². The van der Waals surface area contributed by atoms with Crippen molar-refractivity contribution in [3.8, 4) is 5.75 Å². The lowest BCUT2D eigenvalue weighted by Crippen LogP contribution is -2.32. The van der Waals surface area contributed by atoms with Gasteiger partial charge in [-0.2, -0.15) is 0 Å². The molecule has 2 nitrogen and oxygen atoms in total. The van der Waals surface area contributed by atoms with Gasteiger partial charge in [0.25, 0.3) is 0 Å². The van der Waals surface area contributed by atoms with Gasteiger partial charge in [-0.1, -0.05) is 37.3 Å². The predicted molar refractivity (Wildman–Crippen MR) is 80.0 cm³/mol. The third-order valence-electron chi connectivity index (χ3n) is 4.15. The third-order valence-corrected chi connectivity index (χ3v) is 4.15. The Morgan fingerprint density at radius 1 is 1.14 bits per heavy atom. The number of rotatable bonds is 2. The second-order valence-corrected chi connectivity index (χ2v) is 5.80. The van der Waals surface area contributed by atoms with Crippen molar-refractivity contribution in [1.82, 2.24) is 0 Å². The van der Waals surface area contributed by atoms with E-state index in [1.54, 1.807) is 12.1 Å². The Labute approximate surface area is 124 Å². The maximum absolute atomic E-state index is 13.8. The van der Waals surface area contributed by atoms with Crippen molar-refractivity contribution in [2.45, 2.75) is 38.4 Å². The largest absolute Gasteiger partial charge is 0.484 e. The molecule has 0 spiro atoms. The molecule has 1 aliphatic carbocycles. The molecule has 0 saturated carbocycles. The quantitative estimate of drug-likeness (QED) is 0.899. The molecule has 3 unspecified atom stereocenters. The summed E-state index contributed by atoms with van der Waals surface area (Å²) >= 11 is 0. The highest BCUT2D eigenvalue weighted by Crippen LogP contribution is 2.39. The molecule has 0 aromatic heterocycles. The van der Waals surface area contributed by atoms with Crippen LogP contribution >= 0.6 is 0 Å². The minimum absolute atomic E-state index is 0.214. The molecule has 0 fully saturated rings. The number of aliphatic hydroxyl groups is 1. The summed E-state index contributed by atoms with van der Waals surface area (Å²) in [5.41, 5.74) is 2.97. The molecule has 21 heavy (non-hydrogen) atoms. The average molecular weight is 286 g/mol. The first-order chi connectivity index (χ1) is 10.1. The monoisotopic (exact) mass is 286 g/mol. The fourth-order valence-electron chi connectivity index (χ4n) is 3.01. The summed E-state index contributed by atoms with van der Waals surface area (Å²) in [4.78, 5) is 0. The van der Waals surface area contributed by atoms with Crippen LogP contribution in [0.4, 0.5) is 4.39 Å². The summed E-state index contributed by atoms with van der Waals surface area (Å²) in [5, 5.41) is 10.5. The Balaban J connectivity index is 1.89. The first-order valence-electron chi connectivity index (χ1n) is 7.26. The maximum atomic E-state index is 13.8. The Hall–Kier alpha value is -1.87. The van der Waals surface area contributed by atoms with E-state index >= 15 is 0 Å². The lowest BCUT2D eigenvalue weighted by Gasteiger charge is -2.34. The lowest BCUT2D eigenvalue weighted by atomic mass is 9.80. The van der Waals surface area contributed by atoms with Crippen molar-refractivity contribution in [1.29, 1.82) is 0 Å². The van der Waals surface area contributed by atoms with Gasteiger partial charge in [-0.05, 0) is 48.1 Å². The first-order valence-corrected chi connectivity index (χ1v) is 7.26. The Kier molecular flexibility index (Phi) is 3.68. The highest BCUT2D eigenvalue weighted by Gasteiger charge is 2.33. The summed E-state index contributed by atoms with van der Waals surface area (Å²) < 4.78 is 19.6. The minimum atomic E-state index is -0.725. The molecule has 1 aliphatic rings. The molecular weight excluding hydrogens is 267 g/mol. The molecule has 0 saturated heterocycles. The SMILES string of the molecule is Cc1ccc(F)c(OC2CC(C)c3ccccc3C2O)c1. The van der Waals surface area contributed by atoms with Gasteiger partial charge in [0.1, 0.15) is 12.2 Å². The topological polar surface area (TPSA) is 29.5 Å². The number of hydrogen-bond acceptors (Lipinski definition) is 2. The van der Waals surface area contributed by atoms with Gasteiger partial charge in [-0.25, -0.2) is 4.39 Å². The molecule has 3 rings (SSSR count). The second-order valence-electron chi connectivity index (χ2n) is 5.80. The number of ether oxygens (including phenoxy) is 1. The van der Waals surface area contributed by atoms with E-state index in [9.17, 15) is 9.50 Å². The van der Waals surface area contributed by atoms with E-state index in [0.29, 0.717) is 6.42 Å². The number of aryl methyl sites for hydroxylation is 1. The number of benzene rings is 2. The molecule has 0 bridgehead atoms. The maximum Gasteiger partial charge on any atom is 0.165 e. The number of hydrogen-bond donors (Lipinski definition) is 1. The average Bonchev–Trinajstić information content (AvgIpc) is 2.48. The van der Waals surface area contributed by atoms with E-state index < -0.39 is 12.2 Å². The molecule has 110 valence electrons. The summed E-state index contributed by atoms with van der Waals surface area (Å²) in [7, 11) is 0. The van der Waals surface area contributed by atoms with Gasteiger partial charge in [0.15, 0.2) is 11.6 Å². The Morgan fingerprint density at radius 3 is 2.62 bits per heavy atom. The van der Waals surface area contributed by atoms with Crippen LogP contribution in [0, 0.1) is 12.7 Å². The molecule has 0 heterocycles. The minimum Gasteiger partial charge on any atom is -0.484 e. The van der Waals surface area contributed by atoms with E-state index in [0.717, 1.165) is 16.7 Å². The molecular formula is C18H19FO2. The summed E-state index contributed by atoms with van der Waals surface area (Å²) in [6.07, 6.45) is -0.477. The van der Waals surface area contributed by atoms with E-state index in [1.165, 1.54) is 6.07 Å². The van der Waals surface area contributed by atoms with Crippen LogP contribution in [0.1, 0.15) is 42.1 Å². The molecule has 2 aromatic carbocycles. The van der Waals surface area contributed by atoms with Crippen molar-refractivity contribution >= 4 is 0 Å². The van der Waals surface area contributed by atoms with Gasteiger partial charge < -0.3 is 9.84 Å². The Bertz CT molecular complexity index is 653. The van der Waals surface area contributed by atoms with E-state index in [2.05, 4.69) is 6.92 Å². The summed E-state index contributed by atoms with van der Waals surface area (Å²) in [6.45, 7) is 4.00. The van der Waals surface area contributed by atoms with Crippen LogP contribution in [0.2, 0.25) is 0 Å². The highest BCUT2D eigenvalue weighted by atomic mass is 19.1.